The summed E-state index contributed by atoms with van der Waals surface area (Å²) < 4.78 is 55.2. The number of nitrogen functional groups attached to an aromatic ring is 1. The number of anilines is 1. The maximum Gasteiger partial charge on any atom is 0.434 e. The van der Waals surface area contributed by atoms with Gasteiger partial charge in [0.15, 0.2) is 5.69 Å². The van der Waals surface area contributed by atoms with Gasteiger partial charge in [-0.05, 0) is 31.0 Å². The highest BCUT2D eigenvalue weighted by Gasteiger charge is 2.40. The predicted molar refractivity (Wildman–Crippen MR) is 124 cm³/mol. The average molecular weight is 478 g/mol. The number of nitriles is 1. The van der Waals surface area contributed by atoms with Crippen LogP contribution in [0.5, 0.6) is 5.75 Å². The second kappa shape index (κ2) is 8.32. The number of aryl methyl sites for hydroxylation is 1. The van der Waals surface area contributed by atoms with Crippen molar-refractivity contribution < 1.29 is 22.6 Å². The van der Waals surface area contributed by atoms with Crippen LogP contribution in [-0.2, 0) is 30.7 Å². The van der Waals surface area contributed by atoms with Gasteiger partial charge in [0.1, 0.15) is 29.8 Å². The Morgan fingerprint density at radius 2 is 1.89 bits per heavy atom. The number of halogens is 3. The lowest BCUT2D eigenvalue weighted by molar-refractivity contribution is -0.139. The molecule has 3 heterocycles. The fourth-order valence-electron chi connectivity index (χ4n) is 4.63. The summed E-state index contributed by atoms with van der Waals surface area (Å²) in [5.41, 5.74) is 8.86. The Kier molecular flexibility index (Phi) is 5.41. The Morgan fingerprint density at radius 1 is 1.14 bits per heavy atom. The quantitative estimate of drug-likeness (QED) is 0.405. The number of nitrogens with two attached hydrogens (primary N) is 1. The summed E-state index contributed by atoms with van der Waals surface area (Å²) in [7, 11) is 0. The molecule has 0 aliphatic carbocycles. The van der Waals surface area contributed by atoms with Gasteiger partial charge in [0, 0.05) is 11.1 Å². The standard InChI is InChI=1S/C26H21F3N4O2/c1-14-8-9-20(35-11-16-6-4-3-5-7-16)15(2)22(14)33-23-18-12-34-13-19(18)32-24(26(27,28)29)21(23)17(10-30)25(33)31/h3-9H,11-13,31H2,1-2H3. The molecule has 1 aliphatic heterocycles. The molecule has 0 saturated heterocycles. The van der Waals surface area contributed by atoms with E-state index >= 15 is 0 Å². The molecule has 35 heavy (non-hydrogen) atoms. The second-order valence-electron chi connectivity index (χ2n) is 8.44. The van der Waals surface area contributed by atoms with Crippen molar-refractivity contribution in [1.29, 1.82) is 5.26 Å². The summed E-state index contributed by atoms with van der Waals surface area (Å²) in [6.07, 6.45) is -4.77. The topological polar surface area (TPSA) is 86.1 Å². The van der Waals surface area contributed by atoms with E-state index in [1.165, 1.54) is 4.57 Å². The predicted octanol–water partition coefficient (Wildman–Crippen LogP) is 5.72. The summed E-state index contributed by atoms with van der Waals surface area (Å²) in [4.78, 5) is 3.84. The second-order valence-corrected chi connectivity index (χ2v) is 8.44. The van der Waals surface area contributed by atoms with E-state index in [9.17, 15) is 18.4 Å². The van der Waals surface area contributed by atoms with Gasteiger partial charge in [-0.25, -0.2) is 4.98 Å². The third-order valence-corrected chi connectivity index (χ3v) is 6.23. The van der Waals surface area contributed by atoms with Crippen molar-refractivity contribution in [3.8, 4) is 17.5 Å². The molecule has 9 heteroatoms. The summed E-state index contributed by atoms with van der Waals surface area (Å²) in [6, 6.07) is 15.1. The number of alkyl halides is 3. The maximum atomic E-state index is 14.0. The zero-order valence-electron chi connectivity index (χ0n) is 19.0. The zero-order chi connectivity index (χ0) is 24.9. The van der Waals surface area contributed by atoms with Gasteiger partial charge in [-0.15, -0.1) is 0 Å². The Bertz CT molecular complexity index is 1500. The molecule has 0 spiro atoms. The molecular weight excluding hydrogens is 457 g/mol. The highest BCUT2D eigenvalue weighted by molar-refractivity contribution is 5.98. The number of hydrogen-bond acceptors (Lipinski definition) is 5. The molecule has 2 aromatic heterocycles. The lowest BCUT2D eigenvalue weighted by Gasteiger charge is -2.19. The van der Waals surface area contributed by atoms with Crippen LogP contribution < -0.4 is 10.5 Å². The first-order valence-electron chi connectivity index (χ1n) is 10.9. The van der Waals surface area contributed by atoms with Crippen LogP contribution in [0.4, 0.5) is 19.0 Å². The van der Waals surface area contributed by atoms with Crippen LogP contribution in [0.25, 0.3) is 16.6 Å². The molecular formula is C26H21F3N4O2. The summed E-state index contributed by atoms with van der Waals surface area (Å²) in [5.74, 6) is 0.480. The first-order chi connectivity index (χ1) is 16.7. The van der Waals surface area contributed by atoms with Crippen molar-refractivity contribution >= 4 is 16.7 Å². The minimum Gasteiger partial charge on any atom is -0.489 e. The summed E-state index contributed by atoms with van der Waals surface area (Å²) >= 11 is 0. The summed E-state index contributed by atoms with van der Waals surface area (Å²) in [6.45, 7) is 4.01. The van der Waals surface area contributed by atoms with E-state index in [1.54, 1.807) is 0 Å². The molecule has 0 radical (unpaired) electrons. The number of benzene rings is 2. The van der Waals surface area contributed by atoms with Crippen molar-refractivity contribution in [2.45, 2.75) is 39.8 Å². The molecule has 5 rings (SSSR count). The number of fused-ring (bicyclic) bond motifs is 3. The Balaban J connectivity index is 1.78. The smallest absolute Gasteiger partial charge is 0.434 e. The van der Waals surface area contributed by atoms with Crippen LogP contribution in [0.1, 0.15) is 39.2 Å². The molecule has 2 aromatic carbocycles. The zero-order valence-corrected chi connectivity index (χ0v) is 19.0. The Morgan fingerprint density at radius 3 is 2.57 bits per heavy atom. The van der Waals surface area contributed by atoms with Crippen molar-refractivity contribution in [3.05, 3.63) is 81.7 Å². The van der Waals surface area contributed by atoms with Crippen LogP contribution in [0.3, 0.4) is 0 Å². The number of pyridine rings is 1. The fraction of sp³-hybridized carbons (Fsp3) is 0.231. The van der Waals surface area contributed by atoms with Gasteiger partial charge in [0.2, 0.25) is 0 Å². The van der Waals surface area contributed by atoms with Gasteiger partial charge in [-0.3, -0.25) is 4.57 Å². The number of nitrogens with zero attached hydrogens (tertiary/aromatic N) is 3. The SMILES string of the molecule is Cc1ccc(OCc2ccccc2)c(C)c1-n1c(N)c(C#N)c2c(C(F)(F)F)nc3c(c21)COC3. The van der Waals surface area contributed by atoms with Crippen molar-refractivity contribution in [2.75, 3.05) is 5.73 Å². The highest BCUT2D eigenvalue weighted by atomic mass is 19.4. The van der Waals surface area contributed by atoms with E-state index in [-0.39, 0.29) is 41.2 Å². The van der Waals surface area contributed by atoms with Crippen LogP contribution in [0, 0.1) is 25.2 Å². The monoisotopic (exact) mass is 478 g/mol. The number of aromatic nitrogens is 2. The van der Waals surface area contributed by atoms with E-state index in [2.05, 4.69) is 4.98 Å². The first kappa shape index (κ1) is 22.7. The van der Waals surface area contributed by atoms with E-state index in [0.717, 1.165) is 11.1 Å². The van der Waals surface area contributed by atoms with Crippen LogP contribution in [0.15, 0.2) is 42.5 Å². The maximum absolute atomic E-state index is 14.0. The van der Waals surface area contributed by atoms with E-state index in [4.69, 9.17) is 15.2 Å². The molecule has 4 aromatic rings. The van der Waals surface area contributed by atoms with Gasteiger partial charge in [-0.1, -0.05) is 36.4 Å². The molecule has 0 bridgehead atoms. The van der Waals surface area contributed by atoms with Crippen molar-refractivity contribution in [3.63, 3.8) is 0 Å². The Hall–Kier alpha value is -4.03. The number of rotatable bonds is 4. The lowest BCUT2D eigenvalue weighted by Crippen LogP contribution is -2.12. The fourth-order valence-corrected chi connectivity index (χ4v) is 4.63. The minimum atomic E-state index is -4.77. The summed E-state index contributed by atoms with van der Waals surface area (Å²) in [5, 5.41) is 9.52. The molecule has 0 unspecified atom stereocenters. The Labute approximate surface area is 199 Å². The highest BCUT2D eigenvalue weighted by Crippen LogP contribution is 2.44. The van der Waals surface area contributed by atoms with Crippen molar-refractivity contribution in [1.82, 2.24) is 9.55 Å². The van der Waals surface area contributed by atoms with Gasteiger partial charge in [0.05, 0.1) is 35.5 Å². The van der Waals surface area contributed by atoms with Gasteiger partial charge in [-0.2, -0.15) is 18.4 Å². The van der Waals surface area contributed by atoms with Crippen molar-refractivity contribution in [2.24, 2.45) is 0 Å². The number of ether oxygens (including phenoxy) is 2. The first-order valence-corrected chi connectivity index (χ1v) is 10.9. The van der Waals surface area contributed by atoms with Crippen LogP contribution in [0.2, 0.25) is 0 Å². The minimum absolute atomic E-state index is 0.0421. The third kappa shape index (κ3) is 3.67. The molecule has 6 nitrogen and oxygen atoms in total. The molecule has 0 atom stereocenters. The molecule has 0 amide bonds. The average Bonchev–Trinajstić information content (AvgIpc) is 3.40. The molecule has 0 fully saturated rings. The van der Waals surface area contributed by atoms with E-state index in [1.807, 2.05) is 62.4 Å². The van der Waals surface area contributed by atoms with E-state index in [0.29, 0.717) is 29.2 Å². The largest absolute Gasteiger partial charge is 0.489 e. The third-order valence-electron chi connectivity index (χ3n) is 6.23. The lowest BCUT2D eigenvalue weighted by atomic mass is 10.0. The van der Waals surface area contributed by atoms with Gasteiger partial charge >= 0.3 is 6.18 Å². The molecule has 0 saturated carbocycles. The molecule has 178 valence electrons. The van der Waals surface area contributed by atoms with Gasteiger partial charge < -0.3 is 15.2 Å². The number of hydrogen-bond donors (Lipinski definition) is 1. The van der Waals surface area contributed by atoms with Crippen LogP contribution >= 0.6 is 0 Å². The van der Waals surface area contributed by atoms with Crippen LogP contribution in [-0.4, -0.2) is 9.55 Å². The molecule has 2 N–H and O–H groups in total. The molecule has 1 aliphatic rings. The normalized spacial score (nSPS) is 13.1. The van der Waals surface area contributed by atoms with Gasteiger partial charge in [0.25, 0.3) is 0 Å². The van der Waals surface area contributed by atoms with E-state index < -0.39 is 11.9 Å².